The molecule has 4 fully saturated rings. The molecular formula is C23H34IN3O3. The van der Waals surface area contributed by atoms with Crippen LogP contribution < -0.4 is 14.8 Å². The molecule has 0 spiro atoms. The fourth-order valence-corrected chi connectivity index (χ4v) is 5.75. The number of benzene rings is 1. The summed E-state index contributed by atoms with van der Waals surface area (Å²) in [6.45, 7) is 2.84. The van der Waals surface area contributed by atoms with Crippen LogP contribution in [0.2, 0.25) is 0 Å². The van der Waals surface area contributed by atoms with Crippen molar-refractivity contribution in [2.45, 2.75) is 63.4 Å². The maximum Gasteiger partial charge on any atom is 0.193 e. The molecule has 2 bridgehead atoms. The Morgan fingerprint density at radius 2 is 1.80 bits per heavy atom. The van der Waals surface area contributed by atoms with E-state index < -0.39 is 0 Å². The first-order valence-corrected chi connectivity index (χ1v) is 11.2. The molecule has 7 heteroatoms. The molecule has 1 aromatic carbocycles. The predicted octanol–water partition coefficient (Wildman–Crippen LogP) is 3.82. The molecule has 4 atom stereocenters. The van der Waals surface area contributed by atoms with E-state index in [0.717, 1.165) is 49.9 Å². The Hall–Kier alpha value is -1.22. The minimum atomic E-state index is 0. The summed E-state index contributed by atoms with van der Waals surface area (Å²) >= 11 is 0. The molecule has 166 valence electrons. The molecule has 1 aliphatic carbocycles. The van der Waals surface area contributed by atoms with Crippen molar-refractivity contribution < 1.29 is 14.2 Å². The smallest absolute Gasteiger partial charge is 0.193 e. The van der Waals surface area contributed by atoms with Gasteiger partial charge in [0.2, 0.25) is 0 Å². The van der Waals surface area contributed by atoms with Crippen molar-refractivity contribution in [3.63, 3.8) is 0 Å². The Bertz CT molecular complexity index is 750. The van der Waals surface area contributed by atoms with Gasteiger partial charge >= 0.3 is 0 Å². The zero-order chi connectivity index (χ0) is 19.8. The summed E-state index contributed by atoms with van der Waals surface area (Å²) in [5.74, 6) is 4.02. The summed E-state index contributed by atoms with van der Waals surface area (Å²) in [5.41, 5.74) is 1.17. The minimum Gasteiger partial charge on any atom is -0.493 e. The minimum absolute atomic E-state index is 0. The van der Waals surface area contributed by atoms with Crippen LogP contribution in [0.4, 0.5) is 0 Å². The van der Waals surface area contributed by atoms with Gasteiger partial charge in [-0.3, -0.25) is 4.99 Å². The number of halogens is 1. The average Bonchev–Trinajstić information content (AvgIpc) is 3.52. The van der Waals surface area contributed by atoms with Crippen LogP contribution in [0.25, 0.3) is 0 Å². The van der Waals surface area contributed by atoms with Crippen molar-refractivity contribution in [1.29, 1.82) is 0 Å². The first-order chi connectivity index (χ1) is 14.2. The van der Waals surface area contributed by atoms with Crippen LogP contribution >= 0.6 is 24.0 Å². The van der Waals surface area contributed by atoms with Gasteiger partial charge in [0.15, 0.2) is 17.5 Å². The molecule has 3 aliphatic heterocycles. The van der Waals surface area contributed by atoms with Gasteiger partial charge in [0.1, 0.15) is 0 Å². The van der Waals surface area contributed by atoms with Gasteiger partial charge in [-0.1, -0.05) is 6.07 Å². The van der Waals surface area contributed by atoms with E-state index in [4.69, 9.17) is 14.2 Å². The third-order valence-electron chi connectivity index (χ3n) is 7.24. The summed E-state index contributed by atoms with van der Waals surface area (Å²) in [6.07, 6.45) is 8.58. The molecule has 4 unspecified atom stereocenters. The fourth-order valence-electron chi connectivity index (χ4n) is 5.75. The summed E-state index contributed by atoms with van der Waals surface area (Å²) < 4.78 is 17.9. The molecule has 1 aromatic rings. The number of rotatable bonds is 5. The van der Waals surface area contributed by atoms with Gasteiger partial charge < -0.3 is 24.4 Å². The summed E-state index contributed by atoms with van der Waals surface area (Å²) in [6, 6.07) is 6.25. The number of guanidine groups is 1. The quantitative estimate of drug-likeness (QED) is 0.359. The summed E-state index contributed by atoms with van der Waals surface area (Å²) in [4.78, 5) is 6.96. The number of likely N-dealkylation sites (tertiary alicyclic amines) is 1. The Kier molecular flexibility index (Phi) is 6.97. The fraction of sp³-hybridized carbons (Fsp3) is 0.696. The predicted molar refractivity (Wildman–Crippen MR) is 128 cm³/mol. The molecule has 0 radical (unpaired) electrons. The molecule has 3 saturated heterocycles. The SMILES string of the molecule is CN=C(NCc1ccc(OC2CCCC2)c(OC)c1)N1CC2C3CCC(O3)C2C1.I. The zero-order valence-electron chi connectivity index (χ0n) is 18.0. The Morgan fingerprint density at radius 1 is 1.10 bits per heavy atom. The normalized spacial score (nSPS) is 30.3. The van der Waals surface area contributed by atoms with E-state index in [2.05, 4.69) is 27.3 Å². The molecule has 30 heavy (non-hydrogen) atoms. The molecule has 1 N–H and O–H groups in total. The molecule has 0 amide bonds. The Morgan fingerprint density at radius 3 is 2.43 bits per heavy atom. The lowest BCUT2D eigenvalue weighted by atomic mass is 9.82. The van der Waals surface area contributed by atoms with Crippen LogP contribution in [-0.4, -0.2) is 56.4 Å². The highest BCUT2D eigenvalue weighted by atomic mass is 127. The molecule has 3 heterocycles. The van der Waals surface area contributed by atoms with Crippen molar-refractivity contribution in [3.8, 4) is 11.5 Å². The van der Waals surface area contributed by atoms with Crippen LogP contribution in [0.5, 0.6) is 11.5 Å². The molecule has 0 aromatic heterocycles. The lowest BCUT2D eigenvalue weighted by Crippen LogP contribution is -2.41. The highest BCUT2D eigenvalue weighted by molar-refractivity contribution is 14.0. The second-order valence-electron chi connectivity index (χ2n) is 8.93. The number of hydrogen-bond acceptors (Lipinski definition) is 4. The van der Waals surface area contributed by atoms with Gasteiger partial charge in [0.05, 0.1) is 25.4 Å². The second kappa shape index (κ2) is 9.51. The first-order valence-electron chi connectivity index (χ1n) is 11.2. The van der Waals surface area contributed by atoms with Crippen LogP contribution in [-0.2, 0) is 11.3 Å². The van der Waals surface area contributed by atoms with Crippen LogP contribution in [0.1, 0.15) is 44.1 Å². The number of aliphatic imine (C=N–C) groups is 1. The molecule has 5 rings (SSSR count). The zero-order valence-corrected chi connectivity index (χ0v) is 20.3. The van der Waals surface area contributed by atoms with E-state index in [0.29, 0.717) is 30.1 Å². The van der Waals surface area contributed by atoms with Crippen LogP contribution in [0, 0.1) is 11.8 Å². The van der Waals surface area contributed by atoms with Crippen molar-refractivity contribution in [2.75, 3.05) is 27.2 Å². The highest BCUT2D eigenvalue weighted by Crippen LogP contribution is 2.47. The first kappa shape index (κ1) is 22.0. The van der Waals surface area contributed by atoms with E-state index in [1.54, 1.807) is 7.11 Å². The number of fused-ring (bicyclic) bond motifs is 5. The monoisotopic (exact) mass is 527 g/mol. The number of ether oxygens (including phenoxy) is 3. The lowest BCUT2D eigenvalue weighted by Gasteiger charge is -2.23. The Balaban J connectivity index is 0.00000218. The standard InChI is InChI=1S/C23H33N3O3.HI/c1-24-23(26-13-17-18(14-26)20-10-9-19(17)29-20)25-12-15-7-8-21(22(11-15)27-2)28-16-5-3-4-6-16;/h7-8,11,16-20H,3-6,9-10,12-14H2,1-2H3,(H,24,25);1H. The van der Waals surface area contributed by atoms with E-state index in [1.807, 2.05) is 13.1 Å². The maximum absolute atomic E-state index is 6.16. The van der Waals surface area contributed by atoms with Gasteiger partial charge in [0.25, 0.3) is 0 Å². The van der Waals surface area contributed by atoms with Crippen molar-refractivity contribution in [1.82, 2.24) is 10.2 Å². The van der Waals surface area contributed by atoms with E-state index >= 15 is 0 Å². The largest absolute Gasteiger partial charge is 0.493 e. The number of nitrogens with zero attached hydrogens (tertiary/aromatic N) is 2. The van der Waals surface area contributed by atoms with Crippen molar-refractivity contribution >= 4 is 29.9 Å². The summed E-state index contributed by atoms with van der Waals surface area (Å²) in [5, 5.41) is 3.55. The number of nitrogens with one attached hydrogen (secondary N) is 1. The van der Waals surface area contributed by atoms with Crippen molar-refractivity contribution in [3.05, 3.63) is 23.8 Å². The van der Waals surface area contributed by atoms with Gasteiger partial charge in [-0.15, -0.1) is 24.0 Å². The van der Waals surface area contributed by atoms with Crippen LogP contribution in [0.3, 0.4) is 0 Å². The van der Waals surface area contributed by atoms with E-state index in [-0.39, 0.29) is 24.0 Å². The molecule has 4 aliphatic rings. The third-order valence-corrected chi connectivity index (χ3v) is 7.24. The van der Waals surface area contributed by atoms with Gasteiger partial charge in [-0.05, 0) is 56.2 Å². The van der Waals surface area contributed by atoms with Crippen molar-refractivity contribution in [2.24, 2.45) is 16.8 Å². The van der Waals surface area contributed by atoms with E-state index in [9.17, 15) is 0 Å². The lowest BCUT2D eigenvalue weighted by molar-refractivity contribution is 0.0767. The molecule has 6 nitrogen and oxygen atoms in total. The topological polar surface area (TPSA) is 55.3 Å². The van der Waals surface area contributed by atoms with E-state index in [1.165, 1.54) is 31.2 Å². The van der Waals surface area contributed by atoms with Gasteiger partial charge in [-0.2, -0.15) is 0 Å². The third kappa shape index (κ3) is 4.24. The molecule has 1 saturated carbocycles. The number of methoxy groups -OCH3 is 1. The highest BCUT2D eigenvalue weighted by Gasteiger charge is 2.53. The Labute approximate surface area is 196 Å². The number of hydrogen-bond donors (Lipinski definition) is 1. The second-order valence-corrected chi connectivity index (χ2v) is 8.93. The van der Waals surface area contributed by atoms with Gasteiger partial charge in [0, 0.05) is 38.5 Å². The summed E-state index contributed by atoms with van der Waals surface area (Å²) in [7, 11) is 3.59. The van der Waals surface area contributed by atoms with Gasteiger partial charge in [-0.25, -0.2) is 0 Å². The average molecular weight is 527 g/mol. The van der Waals surface area contributed by atoms with Crippen LogP contribution in [0.15, 0.2) is 23.2 Å². The molecular weight excluding hydrogens is 493 g/mol. The maximum atomic E-state index is 6.16.